The first-order valence-electron chi connectivity index (χ1n) is 9.55. The van der Waals surface area contributed by atoms with Crippen LogP contribution in [0.2, 0.25) is 0 Å². The van der Waals surface area contributed by atoms with Gasteiger partial charge in [0.05, 0.1) is 17.9 Å². The number of hydrogen-bond acceptors (Lipinski definition) is 5. The van der Waals surface area contributed by atoms with Gasteiger partial charge in [-0.2, -0.15) is 0 Å². The lowest BCUT2D eigenvalue weighted by Gasteiger charge is -2.24. The summed E-state index contributed by atoms with van der Waals surface area (Å²) in [6.45, 7) is 3.43. The summed E-state index contributed by atoms with van der Waals surface area (Å²) < 4.78 is 18.7. The number of rotatable bonds is 6. The molecule has 3 rings (SSSR count). The molecule has 0 unspecified atom stereocenters. The number of allylic oxidation sites excluding steroid dienone is 2. The van der Waals surface area contributed by atoms with E-state index < -0.39 is 35.5 Å². The molecular weight excluding hydrogens is 409 g/mol. The molecule has 6 nitrogen and oxygen atoms in total. The zero-order chi connectivity index (χ0) is 21.8. The maximum absolute atomic E-state index is 13.3. The summed E-state index contributed by atoms with van der Waals surface area (Å²) in [6, 6.07) is 5.66. The van der Waals surface area contributed by atoms with Gasteiger partial charge < -0.3 is 15.2 Å². The molecule has 0 saturated heterocycles. The molecule has 0 spiro atoms. The molecule has 8 heteroatoms. The Kier molecular flexibility index (Phi) is 6.66. The molecule has 158 valence electrons. The molecule has 1 heterocycles. The maximum atomic E-state index is 13.3. The molecule has 1 aliphatic carbocycles. The number of aliphatic carboxylic acids is 1. The number of carboxylic acid groups (broad SMARTS) is 1. The number of carbonyl (C=O) groups excluding carboxylic acids is 2. The Labute approximate surface area is 177 Å². The van der Waals surface area contributed by atoms with Gasteiger partial charge in [0.1, 0.15) is 16.4 Å². The molecule has 1 amide bonds. The Hall–Kier alpha value is -3.00. The van der Waals surface area contributed by atoms with E-state index in [0.29, 0.717) is 17.5 Å². The molecule has 30 heavy (non-hydrogen) atoms. The number of esters is 1. The Morgan fingerprint density at radius 3 is 2.37 bits per heavy atom. The van der Waals surface area contributed by atoms with Gasteiger partial charge in [0.25, 0.3) is 0 Å². The van der Waals surface area contributed by atoms with Crippen LogP contribution in [0.15, 0.2) is 41.8 Å². The van der Waals surface area contributed by atoms with Crippen LogP contribution >= 0.6 is 11.3 Å². The standard InChI is InChI=1S/C22H22FNO5S/c1-12(2)29-22(28)18-17(13-7-9-14(23)10-8-13)11-30-20(18)24-19(25)15-5-3-4-6-16(15)21(26)27/h3-4,7-12,15-16H,5-6H2,1-2H3,(H,24,25)(H,26,27)/t15-,16-/m0/s1. The van der Waals surface area contributed by atoms with Gasteiger partial charge in [-0.05, 0) is 44.4 Å². The lowest BCUT2D eigenvalue weighted by molar-refractivity contribution is -0.146. The summed E-state index contributed by atoms with van der Waals surface area (Å²) in [5.41, 5.74) is 1.29. The summed E-state index contributed by atoms with van der Waals surface area (Å²) in [5, 5.41) is 14.1. The second-order valence-electron chi connectivity index (χ2n) is 7.30. The summed E-state index contributed by atoms with van der Waals surface area (Å²) in [6.07, 6.45) is 3.76. The van der Waals surface area contributed by atoms with Crippen LogP contribution in [0, 0.1) is 17.7 Å². The van der Waals surface area contributed by atoms with Crippen LogP contribution in [-0.4, -0.2) is 29.1 Å². The molecule has 0 saturated carbocycles. The second kappa shape index (κ2) is 9.21. The van der Waals surface area contributed by atoms with E-state index in [-0.39, 0.29) is 23.1 Å². The third kappa shape index (κ3) is 4.76. The van der Waals surface area contributed by atoms with Crippen molar-refractivity contribution in [3.8, 4) is 11.1 Å². The van der Waals surface area contributed by atoms with Gasteiger partial charge in [-0.1, -0.05) is 24.3 Å². The number of amides is 1. The number of nitrogens with one attached hydrogen (secondary N) is 1. The van der Waals surface area contributed by atoms with Crippen LogP contribution in [0.25, 0.3) is 11.1 Å². The highest BCUT2D eigenvalue weighted by Crippen LogP contribution is 2.37. The molecule has 2 N–H and O–H groups in total. The minimum Gasteiger partial charge on any atom is -0.481 e. The molecule has 2 atom stereocenters. The van der Waals surface area contributed by atoms with E-state index in [9.17, 15) is 23.9 Å². The predicted octanol–water partition coefficient (Wildman–Crippen LogP) is 4.72. The Balaban J connectivity index is 1.95. The number of carbonyl (C=O) groups is 3. The van der Waals surface area contributed by atoms with E-state index in [4.69, 9.17) is 4.74 Å². The minimum absolute atomic E-state index is 0.173. The second-order valence-corrected chi connectivity index (χ2v) is 8.18. The summed E-state index contributed by atoms with van der Waals surface area (Å²) in [4.78, 5) is 37.2. The predicted molar refractivity (Wildman–Crippen MR) is 112 cm³/mol. The van der Waals surface area contributed by atoms with Crippen LogP contribution in [0.4, 0.5) is 9.39 Å². The van der Waals surface area contributed by atoms with Crippen molar-refractivity contribution in [3.05, 3.63) is 53.2 Å². The van der Waals surface area contributed by atoms with E-state index in [0.717, 1.165) is 11.3 Å². The quantitative estimate of drug-likeness (QED) is 0.510. The van der Waals surface area contributed by atoms with Crippen LogP contribution in [-0.2, 0) is 14.3 Å². The van der Waals surface area contributed by atoms with Gasteiger partial charge in [-0.25, -0.2) is 9.18 Å². The molecule has 1 aromatic heterocycles. The molecule has 0 bridgehead atoms. The molecule has 1 aromatic carbocycles. The topological polar surface area (TPSA) is 92.7 Å². The average molecular weight is 431 g/mol. The number of ether oxygens (including phenoxy) is 1. The van der Waals surface area contributed by atoms with Gasteiger partial charge in [0.2, 0.25) is 5.91 Å². The van der Waals surface area contributed by atoms with E-state index >= 15 is 0 Å². The number of carboxylic acids is 1. The highest BCUT2D eigenvalue weighted by molar-refractivity contribution is 7.15. The van der Waals surface area contributed by atoms with Gasteiger partial charge in [-0.3, -0.25) is 9.59 Å². The minimum atomic E-state index is -1.03. The van der Waals surface area contributed by atoms with Crippen molar-refractivity contribution < 1.29 is 28.6 Å². The zero-order valence-electron chi connectivity index (χ0n) is 16.6. The monoisotopic (exact) mass is 431 g/mol. The van der Waals surface area contributed by atoms with Gasteiger partial charge in [-0.15, -0.1) is 11.3 Å². The number of benzene rings is 1. The average Bonchev–Trinajstić information content (AvgIpc) is 3.11. The Morgan fingerprint density at radius 1 is 1.13 bits per heavy atom. The van der Waals surface area contributed by atoms with Crippen LogP contribution in [0.5, 0.6) is 0 Å². The van der Waals surface area contributed by atoms with Crippen molar-refractivity contribution in [1.82, 2.24) is 0 Å². The lowest BCUT2D eigenvalue weighted by Crippen LogP contribution is -2.34. The van der Waals surface area contributed by atoms with Crippen molar-refractivity contribution in [2.75, 3.05) is 5.32 Å². The first-order chi connectivity index (χ1) is 14.3. The lowest BCUT2D eigenvalue weighted by atomic mass is 9.82. The van der Waals surface area contributed by atoms with Gasteiger partial charge >= 0.3 is 11.9 Å². The van der Waals surface area contributed by atoms with Crippen molar-refractivity contribution in [3.63, 3.8) is 0 Å². The summed E-state index contributed by atoms with van der Waals surface area (Å²) in [7, 11) is 0. The third-order valence-corrected chi connectivity index (χ3v) is 5.71. The SMILES string of the molecule is CC(C)OC(=O)c1c(-c2ccc(F)cc2)csc1NC(=O)[C@H]1CC=CC[C@@H]1C(=O)O. The third-order valence-electron chi connectivity index (χ3n) is 4.82. The van der Waals surface area contributed by atoms with Crippen molar-refractivity contribution in [2.45, 2.75) is 32.8 Å². The normalized spacial score (nSPS) is 18.3. The fourth-order valence-electron chi connectivity index (χ4n) is 3.35. The highest BCUT2D eigenvalue weighted by atomic mass is 32.1. The fraction of sp³-hybridized carbons (Fsp3) is 0.318. The molecular formula is C22H22FNO5S. The molecule has 0 radical (unpaired) electrons. The highest BCUT2D eigenvalue weighted by Gasteiger charge is 2.35. The number of hydrogen-bond donors (Lipinski definition) is 2. The van der Waals surface area contributed by atoms with Gasteiger partial charge in [0, 0.05) is 10.9 Å². The van der Waals surface area contributed by atoms with Crippen LogP contribution in [0.1, 0.15) is 37.0 Å². The van der Waals surface area contributed by atoms with Crippen molar-refractivity contribution in [2.24, 2.45) is 11.8 Å². The molecule has 1 aliphatic rings. The number of anilines is 1. The van der Waals surface area contributed by atoms with Crippen molar-refractivity contribution >= 4 is 34.2 Å². The molecule has 2 aromatic rings. The smallest absolute Gasteiger partial charge is 0.342 e. The summed E-state index contributed by atoms with van der Waals surface area (Å²) >= 11 is 1.14. The Morgan fingerprint density at radius 2 is 1.77 bits per heavy atom. The number of halogens is 1. The van der Waals surface area contributed by atoms with Crippen LogP contribution in [0.3, 0.4) is 0 Å². The molecule has 0 fully saturated rings. The first-order valence-corrected chi connectivity index (χ1v) is 10.4. The zero-order valence-corrected chi connectivity index (χ0v) is 17.4. The molecule has 0 aliphatic heterocycles. The first kappa shape index (κ1) is 21.7. The summed E-state index contributed by atoms with van der Waals surface area (Å²) in [5.74, 6) is -4.07. The van der Waals surface area contributed by atoms with E-state index in [1.165, 1.54) is 12.1 Å². The van der Waals surface area contributed by atoms with E-state index in [1.807, 2.05) is 0 Å². The van der Waals surface area contributed by atoms with Crippen molar-refractivity contribution in [1.29, 1.82) is 0 Å². The maximum Gasteiger partial charge on any atom is 0.342 e. The van der Waals surface area contributed by atoms with Crippen LogP contribution < -0.4 is 5.32 Å². The Bertz CT molecular complexity index is 980. The van der Waals surface area contributed by atoms with E-state index in [1.54, 1.807) is 43.5 Å². The van der Waals surface area contributed by atoms with Gasteiger partial charge in [0.15, 0.2) is 0 Å². The fourth-order valence-corrected chi connectivity index (χ4v) is 4.31. The largest absolute Gasteiger partial charge is 0.481 e. The van der Waals surface area contributed by atoms with E-state index in [2.05, 4.69) is 5.32 Å². The number of thiophene rings is 1.